The van der Waals surface area contributed by atoms with Crippen molar-refractivity contribution in [3.63, 3.8) is 0 Å². The molecule has 9 heteroatoms. The molecule has 0 heterocycles. The van der Waals surface area contributed by atoms with Crippen molar-refractivity contribution < 1.29 is 54.3 Å². The van der Waals surface area contributed by atoms with Gasteiger partial charge in [-0.05, 0) is 0 Å². The van der Waals surface area contributed by atoms with Gasteiger partial charge in [-0.25, -0.2) is 4.79 Å². The molecule has 0 aromatic carbocycles. The van der Waals surface area contributed by atoms with Crippen molar-refractivity contribution in [2.24, 2.45) is 0 Å². The molecule has 0 saturated carbocycles. The first-order chi connectivity index (χ1) is 5.78. The summed E-state index contributed by atoms with van der Waals surface area (Å²) in [5.41, 5.74) is -2.74. The van der Waals surface area contributed by atoms with Crippen LogP contribution in [-0.4, -0.2) is 61.3 Å². The second kappa shape index (κ2) is 7.77. The van der Waals surface area contributed by atoms with Gasteiger partial charge in [0, 0.05) is 19.5 Å². The van der Waals surface area contributed by atoms with E-state index >= 15 is 0 Å². The first-order valence-electron chi connectivity index (χ1n) is 3.17. The van der Waals surface area contributed by atoms with Crippen LogP contribution in [0.3, 0.4) is 0 Å². The van der Waals surface area contributed by atoms with Crippen molar-refractivity contribution in [2.75, 3.05) is 0 Å². The molecular weight excluding hydrogens is 276 g/mol. The molecule has 15 heavy (non-hydrogen) atoms. The molecule has 0 radical (unpaired) electrons. The molecule has 0 rings (SSSR count). The zero-order valence-corrected chi connectivity index (χ0v) is 10.1. The van der Waals surface area contributed by atoms with E-state index in [1.807, 2.05) is 0 Å². The quantitative estimate of drug-likeness (QED) is 0.413. The molecule has 0 aliphatic heterocycles. The van der Waals surface area contributed by atoms with Crippen LogP contribution in [-0.2, 0) is 33.9 Å². The summed E-state index contributed by atoms with van der Waals surface area (Å²) in [6.45, 7) is 0. The Kier molecular flexibility index (Phi) is 10.4. The maximum absolute atomic E-state index is 10.3. The third-order valence-corrected chi connectivity index (χ3v) is 1.29. The standard InChI is InChI=1S/C6H8O7.Al.Zn.3H/c7-3(8)1-6(13,5(11)12)2-4(9)10;;;;;/h13H,1-2H2,(H,7,8)(H,9,10)(H,11,12);;;;;. The molecule has 0 aliphatic carbocycles. The minimum absolute atomic E-state index is 0. The second-order valence-electron chi connectivity index (χ2n) is 2.48. The van der Waals surface area contributed by atoms with E-state index in [0.29, 0.717) is 0 Å². The summed E-state index contributed by atoms with van der Waals surface area (Å²) >= 11 is 0. The van der Waals surface area contributed by atoms with E-state index in [1.165, 1.54) is 0 Å². The summed E-state index contributed by atoms with van der Waals surface area (Å²) in [6.07, 6.45) is -2.29. The summed E-state index contributed by atoms with van der Waals surface area (Å²) in [6, 6.07) is 0. The Hall–Kier alpha value is -0.474. The Balaban J connectivity index is -0.000000720. The molecule has 0 amide bonds. The van der Waals surface area contributed by atoms with Gasteiger partial charge in [0.15, 0.2) is 23.0 Å². The third kappa shape index (κ3) is 7.45. The fourth-order valence-corrected chi connectivity index (χ4v) is 0.714. The van der Waals surface area contributed by atoms with Gasteiger partial charge in [0.2, 0.25) is 0 Å². The van der Waals surface area contributed by atoms with E-state index in [2.05, 4.69) is 0 Å². The van der Waals surface area contributed by atoms with Crippen LogP contribution >= 0.6 is 0 Å². The topological polar surface area (TPSA) is 132 Å². The van der Waals surface area contributed by atoms with Crippen LogP contribution in [0, 0.1) is 0 Å². The molecular formula is C6H11AlO7Zn. The minimum Gasteiger partial charge on any atom is -0.481 e. The molecule has 0 fully saturated rings. The zero-order valence-electron chi connectivity index (χ0n) is 7.13. The predicted molar refractivity (Wildman–Crippen MR) is 47.0 cm³/mol. The van der Waals surface area contributed by atoms with E-state index in [9.17, 15) is 14.4 Å². The monoisotopic (exact) mass is 286 g/mol. The Bertz CT molecular complexity index is 238. The van der Waals surface area contributed by atoms with Crippen molar-refractivity contribution in [1.29, 1.82) is 0 Å². The number of aliphatic carboxylic acids is 3. The molecule has 0 bridgehead atoms. The fourth-order valence-electron chi connectivity index (χ4n) is 0.714. The van der Waals surface area contributed by atoms with Crippen LogP contribution in [0.25, 0.3) is 0 Å². The van der Waals surface area contributed by atoms with Gasteiger partial charge >= 0.3 is 17.9 Å². The summed E-state index contributed by atoms with van der Waals surface area (Å²) in [4.78, 5) is 30.5. The molecule has 0 spiro atoms. The van der Waals surface area contributed by atoms with Gasteiger partial charge in [-0.3, -0.25) is 9.59 Å². The summed E-state index contributed by atoms with van der Waals surface area (Å²) in [5.74, 6) is -5.02. The average Bonchev–Trinajstić information content (AvgIpc) is 1.82. The number of carboxylic acids is 3. The minimum atomic E-state index is -2.74. The molecule has 7 nitrogen and oxygen atoms in total. The first-order valence-corrected chi connectivity index (χ1v) is 3.17. The first kappa shape index (κ1) is 20.0. The van der Waals surface area contributed by atoms with Crippen LogP contribution in [0.1, 0.15) is 12.8 Å². The van der Waals surface area contributed by atoms with Crippen molar-refractivity contribution in [3.05, 3.63) is 0 Å². The Morgan fingerprint density at radius 3 is 1.33 bits per heavy atom. The van der Waals surface area contributed by atoms with Gasteiger partial charge in [-0.2, -0.15) is 0 Å². The number of hydrogen-bond acceptors (Lipinski definition) is 4. The van der Waals surface area contributed by atoms with Crippen LogP contribution in [0.5, 0.6) is 0 Å². The number of rotatable bonds is 5. The smallest absolute Gasteiger partial charge is 0.336 e. The number of carbonyl (C=O) groups is 3. The maximum atomic E-state index is 10.3. The molecule has 82 valence electrons. The maximum Gasteiger partial charge on any atom is 0.336 e. The van der Waals surface area contributed by atoms with E-state index in [1.54, 1.807) is 0 Å². The van der Waals surface area contributed by atoms with Crippen LogP contribution in [0.4, 0.5) is 0 Å². The van der Waals surface area contributed by atoms with Gasteiger partial charge in [0.05, 0.1) is 12.8 Å². The molecule has 0 aromatic heterocycles. The number of aliphatic hydroxyl groups is 1. The van der Waals surface area contributed by atoms with E-state index < -0.39 is 36.4 Å². The Labute approximate surface area is 108 Å². The Morgan fingerprint density at radius 1 is 0.933 bits per heavy atom. The molecule has 0 atom stereocenters. The molecule has 4 N–H and O–H groups in total. The second-order valence-corrected chi connectivity index (χ2v) is 2.48. The normalized spacial score (nSPS) is 9.40. The Morgan fingerprint density at radius 2 is 1.20 bits per heavy atom. The van der Waals surface area contributed by atoms with Gasteiger partial charge in [-0.1, -0.05) is 0 Å². The largest absolute Gasteiger partial charge is 0.481 e. The van der Waals surface area contributed by atoms with Crippen molar-refractivity contribution >= 4 is 35.3 Å². The predicted octanol–water partition coefficient (Wildman–Crippen LogP) is -2.43. The van der Waals surface area contributed by atoms with Gasteiger partial charge in [-0.15, -0.1) is 0 Å². The zero-order chi connectivity index (χ0) is 10.6. The van der Waals surface area contributed by atoms with Crippen molar-refractivity contribution in [3.8, 4) is 0 Å². The van der Waals surface area contributed by atoms with Gasteiger partial charge < -0.3 is 20.4 Å². The van der Waals surface area contributed by atoms with Gasteiger partial charge in [0.1, 0.15) is 0 Å². The van der Waals surface area contributed by atoms with Crippen LogP contribution in [0.2, 0.25) is 0 Å². The molecule has 0 unspecified atom stereocenters. The van der Waals surface area contributed by atoms with E-state index in [4.69, 9.17) is 20.4 Å². The summed E-state index contributed by atoms with van der Waals surface area (Å²) in [7, 11) is 0. The fraction of sp³-hybridized carbons (Fsp3) is 0.500. The van der Waals surface area contributed by atoms with E-state index in [-0.39, 0.29) is 36.8 Å². The average molecular weight is 288 g/mol. The SMILES string of the molecule is O=C(O)CC(O)(CC(=O)O)C(=O)O.[AlH3].[Zn]. The molecule has 0 aliphatic rings. The van der Waals surface area contributed by atoms with Gasteiger partial charge in [0.25, 0.3) is 0 Å². The molecule has 0 saturated heterocycles. The molecule has 0 aromatic rings. The van der Waals surface area contributed by atoms with Crippen molar-refractivity contribution in [2.45, 2.75) is 18.4 Å². The number of hydrogen-bond donors (Lipinski definition) is 4. The number of carboxylic acid groups (broad SMARTS) is 3. The summed E-state index contributed by atoms with van der Waals surface area (Å²) in [5, 5.41) is 33.8. The van der Waals surface area contributed by atoms with Crippen LogP contribution in [0.15, 0.2) is 0 Å². The van der Waals surface area contributed by atoms with E-state index in [0.717, 1.165) is 0 Å². The third-order valence-electron chi connectivity index (χ3n) is 1.29. The summed E-state index contributed by atoms with van der Waals surface area (Å²) < 4.78 is 0. The van der Waals surface area contributed by atoms with Crippen LogP contribution < -0.4 is 0 Å². The van der Waals surface area contributed by atoms with Crippen molar-refractivity contribution in [1.82, 2.24) is 0 Å².